The maximum Gasteiger partial charge on any atom is 0.247 e. The summed E-state index contributed by atoms with van der Waals surface area (Å²) in [5.74, 6) is 0.851. The first-order valence-electron chi connectivity index (χ1n) is 6.86. The first kappa shape index (κ1) is 16.2. The highest BCUT2D eigenvalue weighted by molar-refractivity contribution is 7.15. The number of furan rings is 1. The number of halogens is 1. The molecule has 0 aliphatic heterocycles. The summed E-state index contributed by atoms with van der Waals surface area (Å²) in [5.41, 5.74) is 8.71. The van der Waals surface area contributed by atoms with Gasteiger partial charge in [-0.3, -0.25) is 4.79 Å². The molecule has 0 bridgehead atoms. The normalized spacial score (nSPS) is 11.0. The van der Waals surface area contributed by atoms with Crippen molar-refractivity contribution in [1.82, 2.24) is 15.6 Å². The smallest absolute Gasteiger partial charge is 0.247 e. The molecule has 0 spiro atoms. The Labute approximate surface area is 146 Å². The molecule has 0 saturated heterocycles. The molecular formula is C15H12ClN5O2S. The molecule has 3 rings (SSSR count). The number of carbonyl (C=O) groups excluding carboxylic acids is 1. The fourth-order valence-electron chi connectivity index (χ4n) is 1.90. The molecule has 0 fully saturated rings. The van der Waals surface area contributed by atoms with E-state index in [4.69, 9.17) is 21.8 Å². The summed E-state index contributed by atoms with van der Waals surface area (Å²) in [6, 6.07) is 10.9. The van der Waals surface area contributed by atoms with Crippen molar-refractivity contribution in [2.24, 2.45) is 5.10 Å². The molecule has 0 radical (unpaired) electrons. The minimum absolute atomic E-state index is 0.0676. The standard InChI is InChI=1S/C15H12ClN5O2S/c16-10-3-1-2-9(6-10)12-5-4-11(23-12)8-18-19-13(22)7-14-20-21-15(17)24-14/h1-6,8H,7H2,(H2,17,21)(H,19,22)/b18-8+. The second kappa shape index (κ2) is 7.24. The van der Waals surface area contributed by atoms with Crippen LogP contribution in [-0.2, 0) is 11.2 Å². The number of amides is 1. The summed E-state index contributed by atoms with van der Waals surface area (Å²) < 4.78 is 5.63. The van der Waals surface area contributed by atoms with Crippen LogP contribution in [0.3, 0.4) is 0 Å². The van der Waals surface area contributed by atoms with Gasteiger partial charge in [0.25, 0.3) is 0 Å². The highest BCUT2D eigenvalue weighted by Crippen LogP contribution is 2.24. The monoisotopic (exact) mass is 361 g/mol. The number of benzene rings is 1. The fourth-order valence-corrected chi connectivity index (χ4v) is 2.70. The Kier molecular flexibility index (Phi) is 4.88. The topological polar surface area (TPSA) is 106 Å². The average molecular weight is 362 g/mol. The van der Waals surface area contributed by atoms with Crippen molar-refractivity contribution in [2.75, 3.05) is 5.73 Å². The second-order valence-electron chi connectivity index (χ2n) is 4.72. The second-order valence-corrected chi connectivity index (χ2v) is 6.25. The third-order valence-electron chi connectivity index (χ3n) is 2.91. The molecule has 122 valence electrons. The molecular weight excluding hydrogens is 350 g/mol. The van der Waals surface area contributed by atoms with Gasteiger partial charge in [-0.05, 0) is 24.3 Å². The molecule has 3 aromatic rings. The van der Waals surface area contributed by atoms with Crippen molar-refractivity contribution >= 4 is 40.2 Å². The van der Waals surface area contributed by atoms with Crippen molar-refractivity contribution in [1.29, 1.82) is 0 Å². The Morgan fingerprint density at radius 1 is 1.38 bits per heavy atom. The van der Waals surface area contributed by atoms with Crippen molar-refractivity contribution in [3.63, 3.8) is 0 Å². The number of hydrazone groups is 1. The van der Waals surface area contributed by atoms with Gasteiger partial charge in [0.2, 0.25) is 11.0 Å². The summed E-state index contributed by atoms with van der Waals surface area (Å²) in [6.07, 6.45) is 1.48. The van der Waals surface area contributed by atoms with E-state index in [2.05, 4.69) is 20.7 Å². The Bertz CT molecular complexity index is 889. The van der Waals surface area contributed by atoms with Gasteiger partial charge in [0, 0.05) is 10.6 Å². The molecule has 1 amide bonds. The number of aromatic nitrogens is 2. The first-order chi connectivity index (χ1) is 11.6. The number of hydrogen-bond donors (Lipinski definition) is 2. The van der Waals surface area contributed by atoms with Crippen LogP contribution in [0, 0.1) is 0 Å². The Balaban J connectivity index is 1.58. The number of hydrogen-bond acceptors (Lipinski definition) is 7. The van der Waals surface area contributed by atoms with Crippen molar-refractivity contribution in [2.45, 2.75) is 6.42 Å². The van der Waals surface area contributed by atoms with Crippen LogP contribution in [0.1, 0.15) is 10.8 Å². The van der Waals surface area contributed by atoms with Gasteiger partial charge < -0.3 is 10.2 Å². The number of nitrogens with two attached hydrogens (primary N) is 1. The number of anilines is 1. The lowest BCUT2D eigenvalue weighted by molar-refractivity contribution is -0.120. The lowest BCUT2D eigenvalue weighted by atomic mass is 10.2. The molecule has 0 unspecified atom stereocenters. The maximum absolute atomic E-state index is 11.7. The lowest BCUT2D eigenvalue weighted by Crippen LogP contribution is -2.19. The molecule has 2 aromatic heterocycles. The van der Waals surface area contributed by atoms with Crippen molar-refractivity contribution in [3.05, 3.63) is 52.2 Å². The SMILES string of the molecule is Nc1nnc(CC(=O)N/N=C/c2ccc(-c3cccc(Cl)c3)o2)s1. The molecule has 0 saturated carbocycles. The minimum Gasteiger partial charge on any atom is -0.455 e. The zero-order valence-corrected chi connectivity index (χ0v) is 13.8. The van der Waals surface area contributed by atoms with Crippen LogP contribution in [-0.4, -0.2) is 22.3 Å². The van der Waals surface area contributed by atoms with Crippen LogP contribution in [0.15, 0.2) is 45.9 Å². The predicted octanol–water partition coefficient (Wildman–Crippen LogP) is 2.73. The van der Waals surface area contributed by atoms with Crippen molar-refractivity contribution < 1.29 is 9.21 Å². The fraction of sp³-hybridized carbons (Fsp3) is 0.0667. The van der Waals surface area contributed by atoms with E-state index in [1.54, 1.807) is 24.3 Å². The number of carbonyl (C=O) groups is 1. The summed E-state index contributed by atoms with van der Waals surface area (Å²) in [6.45, 7) is 0. The van der Waals surface area contributed by atoms with Gasteiger partial charge in [-0.15, -0.1) is 10.2 Å². The van der Waals surface area contributed by atoms with E-state index < -0.39 is 0 Å². The number of nitrogens with one attached hydrogen (secondary N) is 1. The molecule has 0 aliphatic rings. The number of nitrogen functional groups attached to an aromatic ring is 1. The summed E-state index contributed by atoms with van der Waals surface area (Å²) in [7, 11) is 0. The van der Waals surface area contributed by atoms with E-state index in [1.807, 2.05) is 12.1 Å². The van der Waals surface area contributed by atoms with Gasteiger partial charge in [-0.1, -0.05) is 35.1 Å². The van der Waals surface area contributed by atoms with Crippen LogP contribution in [0.4, 0.5) is 5.13 Å². The highest BCUT2D eigenvalue weighted by atomic mass is 35.5. The van der Waals surface area contributed by atoms with Crippen LogP contribution < -0.4 is 11.2 Å². The molecule has 3 N–H and O–H groups in total. The summed E-state index contributed by atoms with van der Waals surface area (Å²) >= 11 is 7.12. The number of rotatable bonds is 5. The van der Waals surface area contributed by atoms with Gasteiger partial charge in [-0.2, -0.15) is 5.10 Å². The molecule has 9 heteroatoms. The maximum atomic E-state index is 11.7. The van der Waals surface area contributed by atoms with E-state index >= 15 is 0 Å². The lowest BCUT2D eigenvalue weighted by Gasteiger charge is -1.97. The van der Waals surface area contributed by atoms with E-state index in [0.29, 0.717) is 26.7 Å². The van der Waals surface area contributed by atoms with E-state index in [9.17, 15) is 4.79 Å². The van der Waals surface area contributed by atoms with Crippen LogP contribution in [0.5, 0.6) is 0 Å². The van der Waals surface area contributed by atoms with E-state index in [0.717, 1.165) is 16.9 Å². The first-order valence-corrected chi connectivity index (χ1v) is 8.05. The van der Waals surface area contributed by atoms with Crippen molar-refractivity contribution in [3.8, 4) is 11.3 Å². The Morgan fingerprint density at radius 3 is 3.00 bits per heavy atom. The van der Waals surface area contributed by atoms with Crippen LogP contribution in [0.2, 0.25) is 5.02 Å². The molecule has 24 heavy (non-hydrogen) atoms. The molecule has 7 nitrogen and oxygen atoms in total. The average Bonchev–Trinajstić information content (AvgIpc) is 3.17. The molecule has 1 aromatic carbocycles. The van der Waals surface area contributed by atoms with Crippen LogP contribution >= 0.6 is 22.9 Å². The third-order valence-corrected chi connectivity index (χ3v) is 3.90. The number of nitrogens with zero attached hydrogens (tertiary/aromatic N) is 3. The summed E-state index contributed by atoms with van der Waals surface area (Å²) in [5, 5.41) is 12.7. The molecule has 2 heterocycles. The minimum atomic E-state index is -0.316. The third kappa shape index (κ3) is 4.18. The zero-order valence-electron chi connectivity index (χ0n) is 12.3. The van der Waals surface area contributed by atoms with E-state index in [1.165, 1.54) is 6.21 Å². The van der Waals surface area contributed by atoms with Gasteiger partial charge in [0.05, 0.1) is 12.6 Å². The Morgan fingerprint density at radius 2 is 2.25 bits per heavy atom. The Hall–Kier alpha value is -2.71. The van der Waals surface area contributed by atoms with Gasteiger partial charge in [0.15, 0.2) is 0 Å². The largest absolute Gasteiger partial charge is 0.455 e. The van der Waals surface area contributed by atoms with Gasteiger partial charge in [0.1, 0.15) is 16.5 Å². The zero-order chi connectivity index (χ0) is 16.9. The van der Waals surface area contributed by atoms with Crippen LogP contribution in [0.25, 0.3) is 11.3 Å². The summed E-state index contributed by atoms with van der Waals surface area (Å²) in [4.78, 5) is 11.7. The molecule has 0 atom stereocenters. The quantitative estimate of drug-likeness (QED) is 0.536. The highest BCUT2D eigenvalue weighted by Gasteiger charge is 2.07. The van der Waals surface area contributed by atoms with Gasteiger partial charge >= 0.3 is 0 Å². The van der Waals surface area contributed by atoms with Gasteiger partial charge in [-0.25, -0.2) is 5.43 Å². The van der Waals surface area contributed by atoms with E-state index in [-0.39, 0.29) is 12.3 Å². The predicted molar refractivity (Wildman–Crippen MR) is 92.9 cm³/mol. The molecule has 0 aliphatic carbocycles.